The monoisotopic (exact) mass is 350 g/mol. The molecule has 2 aromatic carbocycles. The summed E-state index contributed by atoms with van der Waals surface area (Å²) in [6.07, 6.45) is 0. The third kappa shape index (κ3) is 3.94. The number of hydrogen-bond donors (Lipinski definition) is 2. The quantitative estimate of drug-likeness (QED) is 0.738. The average Bonchev–Trinajstić information content (AvgIpc) is 3.06. The van der Waals surface area contributed by atoms with Crippen molar-refractivity contribution in [2.24, 2.45) is 0 Å². The molecule has 26 heavy (non-hydrogen) atoms. The maximum absolute atomic E-state index is 12.2. The van der Waals surface area contributed by atoms with E-state index in [1.54, 1.807) is 6.07 Å². The molecule has 2 amide bonds. The molecule has 2 N–H and O–H groups in total. The number of carbonyl (C=O) groups excluding carboxylic acids is 2. The minimum Gasteiger partial charge on any atom is -0.459 e. The third-order valence-corrected chi connectivity index (χ3v) is 4.43. The first kappa shape index (κ1) is 17.7. The van der Waals surface area contributed by atoms with Gasteiger partial charge in [0.1, 0.15) is 11.3 Å². The Hall–Kier alpha value is -3.08. The van der Waals surface area contributed by atoms with E-state index in [9.17, 15) is 9.59 Å². The number of aryl methyl sites for hydroxylation is 2. The van der Waals surface area contributed by atoms with Gasteiger partial charge in [-0.1, -0.05) is 24.3 Å². The van der Waals surface area contributed by atoms with Crippen molar-refractivity contribution >= 4 is 22.8 Å². The van der Waals surface area contributed by atoms with E-state index in [-0.39, 0.29) is 24.4 Å². The highest BCUT2D eigenvalue weighted by Gasteiger charge is 2.15. The summed E-state index contributed by atoms with van der Waals surface area (Å²) in [7, 11) is 0. The van der Waals surface area contributed by atoms with Gasteiger partial charge in [0, 0.05) is 10.9 Å². The van der Waals surface area contributed by atoms with Crippen molar-refractivity contribution in [3.8, 4) is 0 Å². The van der Waals surface area contributed by atoms with Crippen molar-refractivity contribution in [2.75, 3.05) is 6.54 Å². The molecule has 0 saturated carbocycles. The second kappa shape index (κ2) is 7.44. The first-order chi connectivity index (χ1) is 12.4. The van der Waals surface area contributed by atoms with Crippen molar-refractivity contribution < 1.29 is 14.0 Å². The Morgan fingerprint density at radius 3 is 2.54 bits per heavy atom. The van der Waals surface area contributed by atoms with Crippen LogP contribution in [-0.4, -0.2) is 18.4 Å². The van der Waals surface area contributed by atoms with E-state index in [2.05, 4.69) is 10.6 Å². The van der Waals surface area contributed by atoms with Crippen LogP contribution in [0.5, 0.6) is 0 Å². The summed E-state index contributed by atoms with van der Waals surface area (Å²) in [6, 6.07) is 14.8. The Morgan fingerprint density at radius 1 is 1.04 bits per heavy atom. The van der Waals surface area contributed by atoms with Crippen LogP contribution in [0.1, 0.15) is 40.2 Å². The third-order valence-electron chi connectivity index (χ3n) is 4.43. The second-order valence-corrected chi connectivity index (χ2v) is 6.46. The summed E-state index contributed by atoms with van der Waals surface area (Å²) in [5, 5.41) is 6.48. The molecule has 0 aliphatic heterocycles. The number of furan rings is 1. The molecule has 0 aliphatic carbocycles. The highest BCUT2D eigenvalue weighted by molar-refractivity contribution is 5.96. The lowest BCUT2D eigenvalue weighted by Gasteiger charge is -2.12. The molecule has 5 nitrogen and oxygen atoms in total. The molecule has 134 valence electrons. The fourth-order valence-electron chi connectivity index (χ4n) is 2.72. The summed E-state index contributed by atoms with van der Waals surface area (Å²) in [6.45, 7) is 5.70. The zero-order valence-electron chi connectivity index (χ0n) is 15.1. The average molecular weight is 350 g/mol. The van der Waals surface area contributed by atoms with Gasteiger partial charge in [0.2, 0.25) is 5.91 Å². The normalized spacial score (nSPS) is 12.0. The van der Waals surface area contributed by atoms with E-state index in [0.717, 1.165) is 22.1 Å². The minimum absolute atomic E-state index is 0.0870. The first-order valence-electron chi connectivity index (χ1n) is 8.57. The molecule has 0 aliphatic rings. The Morgan fingerprint density at radius 2 is 1.81 bits per heavy atom. The number of hydrogen-bond acceptors (Lipinski definition) is 3. The summed E-state index contributed by atoms with van der Waals surface area (Å²) in [5.41, 5.74) is 3.50. The van der Waals surface area contributed by atoms with Gasteiger partial charge in [0.25, 0.3) is 5.91 Å². The molecular weight excluding hydrogens is 328 g/mol. The summed E-state index contributed by atoms with van der Waals surface area (Å²) in [4.78, 5) is 24.3. The standard InChI is InChI=1S/C21H22N2O3/c1-13-8-9-17(10-14(13)2)21(25)22-12-20(24)23-15(3)19-11-16-6-4-5-7-18(16)26-19/h4-11,15H,12H2,1-3H3,(H,22,25)(H,23,24). The molecule has 0 fully saturated rings. The van der Waals surface area contributed by atoms with Crippen LogP contribution >= 0.6 is 0 Å². The number of amides is 2. The molecule has 1 atom stereocenters. The lowest BCUT2D eigenvalue weighted by molar-refractivity contribution is -0.120. The predicted octanol–water partition coefficient (Wildman–Crippen LogP) is 3.66. The van der Waals surface area contributed by atoms with Crippen LogP contribution in [0.15, 0.2) is 52.9 Å². The van der Waals surface area contributed by atoms with E-state index >= 15 is 0 Å². The van der Waals surface area contributed by atoms with E-state index in [4.69, 9.17) is 4.42 Å². The smallest absolute Gasteiger partial charge is 0.251 e. The Kier molecular flexibility index (Phi) is 5.07. The molecule has 1 unspecified atom stereocenters. The molecule has 1 heterocycles. The van der Waals surface area contributed by atoms with Gasteiger partial charge in [-0.05, 0) is 56.2 Å². The molecular formula is C21H22N2O3. The van der Waals surface area contributed by atoms with Gasteiger partial charge in [-0.25, -0.2) is 0 Å². The fraction of sp³-hybridized carbons (Fsp3) is 0.238. The zero-order chi connectivity index (χ0) is 18.7. The van der Waals surface area contributed by atoms with Gasteiger partial charge in [-0.15, -0.1) is 0 Å². The van der Waals surface area contributed by atoms with Gasteiger partial charge in [-0.3, -0.25) is 9.59 Å². The van der Waals surface area contributed by atoms with Crippen molar-refractivity contribution in [3.05, 3.63) is 71.0 Å². The highest BCUT2D eigenvalue weighted by atomic mass is 16.3. The maximum Gasteiger partial charge on any atom is 0.251 e. The second-order valence-electron chi connectivity index (χ2n) is 6.46. The van der Waals surface area contributed by atoms with E-state index in [0.29, 0.717) is 11.3 Å². The number of rotatable bonds is 5. The largest absolute Gasteiger partial charge is 0.459 e. The zero-order valence-corrected chi connectivity index (χ0v) is 15.1. The Balaban J connectivity index is 1.56. The molecule has 1 aromatic heterocycles. The molecule has 0 radical (unpaired) electrons. The van der Waals surface area contributed by atoms with Crippen LogP contribution in [0.25, 0.3) is 11.0 Å². The summed E-state index contributed by atoms with van der Waals surface area (Å²) >= 11 is 0. The molecule has 3 aromatic rings. The molecule has 0 bridgehead atoms. The molecule has 3 rings (SSSR count). The van der Waals surface area contributed by atoms with Gasteiger partial charge in [0.05, 0.1) is 12.6 Å². The molecule has 0 spiro atoms. The number of para-hydroxylation sites is 1. The minimum atomic E-state index is -0.284. The van der Waals surface area contributed by atoms with Crippen LogP contribution < -0.4 is 10.6 Å². The Labute approximate surface area is 152 Å². The van der Waals surface area contributed by atoms with Gasteiger partial charge in [-0.2, -0.15) is 0 Å². The lowest BCUT2D eigenvalue weighted by Crippen LogP contribution is -2.38. The van der Waals surface area contributed by atoms with Crippen molar-refractivity contribution in [1.29, 1.82) is 0 Å². The topological polar surface area (TPSA) is 71.3 Å². The van der Waals surface area contributed by atoms with Crippen molar-refractivity contribution in [1.82, 2.24) is 10.6 Å². The molecule has 0 saturated heterocycles. The van der Waals surface area contributed by atoms with Crippen LogP contribution in [-0.2, 0) is 4.79 Å². The van der Waals surface area contributed by atoms with Gasteiger partial charge >= 0.3 is 0 Å². The van der Waals surface area contributed by atoms with Crippen LogP contribution in [0.3, 0.4) is 0 Å². The van der Waals surface area contributed by atoms with E-state index in [1.165, 1.54) is 0 Å². The highest BCUT2D eigenvalue weighted by Crippen LogP contribution is 2.23. The predicted molar refractivity (Wildman–Crippen MR) is 101 cm³/mol. The number of nitrogens with one attached hydrogen (secondary N) is 2. The van der Waals surface area contributed by atoms with Crippen molar-refractivity contribution in [3.63, 3.8) is 0 Å². The maximum atomic E-state index is 12.2. The van der Waals surface area contributed by atoms with Crippen molar-refractivity contribution in [2.45, 2.75) is 26.8 Å². The number of benzene rings is 2. The fourth-order valence-corrected chi connectivity index (χ4v) is 2.72. The summed E-state index contributed by atoms with van der Waals surface area (Å²) < 4.78 is 5.75. The van der Waals surface area contributed by atoms with E-state index in [1.807, 2.05) is 63.2 Å². The van der Waals surface area contributed by atoms with Gasteiger partial charge in [0.15, 0.2) is 0 Å². The first-order valence-corrected chi connectivity index (χ1v) is 8.57. The number of fused-ring (bicyclic) bond motifs is 1. The number of carbonyl (C=O) groups is 2. The molecule has 5 heteroatoms. The Bertz CT molecular complexity index is 926. The SMILES string of the molecule is Cc1ccc(C(=O)NCC(=O)NC(C)c2cc3ccccc3o2)cc1C. The van der Waals surface area contributed by atoms with Crippen LogP contribution in [0.4, 0.5) is 0 Å². The van der Waals surface area contributed by atoms with Gasteiger partial charge < -0.3 is 15.1 Å². The summed E-state index contributed by atoms with van der Waals surface area (Å²) in [5.74, 6) is 0.148. The van der Waals surface area contributed by atoms with Crippen LogP contribution in [0.2, 0.25) is 0 Å². The van der Waals surface area contributed by atoms with E-state index < -0.39 is 0 Å². The van der Waals surface area contributed by atoms with Crippen LogP contribution in [0, 0.1) is 13.8 Å². The lowest BCUT2D eigenvalue weighted by atomic mass is 10.1.